The Morgan fingerprint density at radius 1 is 0.925 bits per heavy atom. The number of unbranched alkanes of at least 4 members (excludes halogenated alkanes) is 1. The Morgan fingerprint density at radius 2 is 1.55 bits per heavy atom. The van der Waals surface area contributed by atoms with Crippen LogP contribution in [-0.4, -0.2) is 44.3 Å². The second kappa shape index (κ2) is 14.3. The maximum atomic E-state index is 14.0. The summed E-state index contributed by atoms with van der Waals surface area (Å²) in [6.07, 6.45) is 2.30. The molecule has 214 valence electrons. The van der Waals surface area contributed by atoms with Gasteiger partial charge in [0.25, 0.3) is 10.0 Å². The molecule has 0 fully saturated rings. The van der Waals surface area contributed by atoms with Gasteiger partial charge in [-0.25, -0.2) is 8.42 Å². The molecular formula is C31H38ClN3O4S. The van der Waals surface area contributed by atoms with Crippen molar-refractivity contribution in [1.82, 2.24) is 10.2 Å². The Balaban J connectivity index is 2.05. The third kappa shape index (κ3) is 7.64. The van der Waals surface area contributed by atoms with Gasteiger partial charge in [-0.05, 0) is 62.1 Å². The fraction of sp³-hybridized carbons (Fsp3) is 0.355. The lowest BCUT2D eigenvalue weighted by Gasteiger charge is -2.32. The van der Waals surface area contributed by atoms with Gasteiger partial charge in [-0.15, -0.1) is 0 Å². The molecule has 1 N–H and O–H groups in total. The van der Waals surface area contributed by atoms with Crippen LogP contribution in [0.15, 0.2) is 77.7 Å². The van der Waals surface area contributed by atoms with Gasteiger partial charge < -0.3 is 10.2 Å². The van der Waals surface area contributed by atoms with Crippen molar-refractivity contribution in [3.63, 3.8) is 0 Å². The molecule has 9 heteroatoms. The maximum absolute atomic E-state index is 14.0. The van der Waals surface area contributed by atoms with Crippen LogP contribution >= 0.6 is 11.6 Å². The summed E-state index contributed by atoms with van der Waals surface area (Å²) in [6, 6.07) is 19.9. The van der Waals surface area contributed by atoms with E-state index >= 15 is 0 Å². The molecule has 0 spiro atoms. The van der Waals surface area contributed by atoms with Gasteiger partial charge in [0.2, 0.25) is 11.8 Å². The molecule has 0 saturated carbocycles. The molecule has 3 aromatic rings. The van der Waals surface area contributed by atoms with Crippen LogP contribution in [0.4, 0.5) is 5.69 Å². The summed E-state index contributed by atoms with van der Waals surface area (Å²) in [7, 11) is -4.12. The zero-order valence-corrected chi connectivity index (χ0v) is 25.1. The van der Waals surface area contributed by atoms with Crippen LogP contribution < -0.4 is 9.62 Å². The van der Waals surface area contributed by atoms with E-state index in [9.17, 15) is 18.0 Å². The molecular weight excluding hydrogens is 546 g/mol. The molecule has 2 amide bonds. The first kappa shape index (κ1) is 31.2. The Labute approximate surface area is 243 Å². The molecule has 0 aliphatic carbocycles. The standard InChI is InChI=1S/C31H38ClN3O4S/c1-5-7-20-33-31(37)24(4)34(21-26-13-8-10-14-28(26)32)30(36)22-35(29-15-11-9-12-25(29)6-2)40(38,39)27-18-16-23(3)17-19-27/h8-19,24H,5-7,20-22H2,1-4H3,(H,33,37). The number of nitrogens with zero attached hydrogens (tertiary/aromatic N) is 2. The van der Waals surface area contributed by atoms with Gasteiger partial charge in [-0.3, -0.25) is 13.9 Å². The fourth-order valence-electron chi connectivity index (χ4n) is 4.33. The minimum atomic E-state index is -4.12. The normalized spacial score (nSPS) is 12.0. The van der Waals surface area contributed by atoms with Gasteiger partial charge in [0.05, 0.1) is 10.6 Å². The number of aryl methyl sites for hydroxylation is 2. The Bertz CT molecular complexity index is 1410. The van der Waals surface area contributed by atoms with Crippen molar-refractivity contribution in [2.75, 3.05) is 17.4 Å². The molecule has 0 heterocycles. The summed E-state index contributed by atoms with van der Waals surface area (Å²) in [5.41, 5.74) is 2.79. The number of hydrogen-bond donors (Lipinski definition) is 1. The van der Waals surface area contributed by atoms with Crippen molar-refractivity contribution in [1.29, 1.82) is 0 Å². The molecule has 0 radical (unpaired) electrons. The predicted octanol–water partition coefficient (Wildman–Crippen LogP) is 5.74. The van der Waals surface area contributed by atoms with Crippen LogP contribution in [-0.2, 0) is 32.6 Å². The average Bonchev–Trinajstić information content (AvgIpc) is 2.95. The van der Waals surface area contributed by atoms with Gasteiger partial charge >= 0.3 is 0 Å². The van der Waals surface area contributed by atoms with E-state index < -0.39 is 28.5 Å². The Hall–Kier alpha value is -3.36. The quantitative estimate of drug-likeness (QED) is 0.260. The molecule has 40 heavy (non-hydrogen) atoms. The van der Waals surface area contributed by atoms with Crippen molar-refractivity contribution < 1.29 is 18.0 Å². The number of carbonyl (C=O) groups is 2. The van der Waals surface area contributed by atoms with Gasteiger partial charge in [-0.1, -0.05) is 86.0 Å². The van der Waals surface area contributed by atoms with E-state index in [1.807, 2.05) is 39.0 Å². The largest absolute Gasteiger partial charge is 0.354 e. The van der Waals surface area contributed by atoms with Gasteiger partial charge in [0.1, 0.15) is 12.6 Å². The molecule has 3 aromatic carbocycles. The number of rotatable bonds is 13. The lowest BCUT2D eigenvalue weighted by atomic mass is 10.1. The fourth-order valence-corrected chi connectivity index (χ4v) is 5.98. The Morgan fingerprint density at radius 3 is 2.17 bits per heavy atom. The summed E-state index contributed by atoms with van der Waals surface area (Å²) in [6.45, 7) is 7.55. The molecule has 1 atom stereocenters. The molecule has 1 unspecified atom stereocenters. The summed E-state index contributed by atoms with van der Waals surface area (Å²) >= 11 is 6.42. The minimum Gasteiger partial charge on any atom is -0.354 e. The highest BCUT2D eigenvalue weighted by Gasteiger charge is 2.33. The number of benzene rings is 3. The molecule has 0 saturated heterocycles. The van der Waals surface area contributed by atoms with Gasteiger partial charge in [-0.2, -0.15) is 0 Å². The second-order valence-corrected chi connectivity index (χ2v) is 12.0. The molecule has 0 aliphatic heterocycles. The van der Waals surface area contributed by atoms with E-state index in [4.69, 9.17) is 11.6 Å². The highest BCUT2D eigenvalue weighted by molar-refractivity contribution is 7.92. The molecule has 0 aliphatic rings. The van der Waals surface area contributed by atoms with Gasteiger partial charge in [0.15, 0.2) is 0 Å². The van der Waals surface area contributed by atoms with E-state index in [-0.39, 0.29) is 17.3 Å². The lowest BCUT2D eigenvalue weighted by molar-refractivity contribution is -0.139. The lowest BCUT2D eigenvalue weighted by Crippen LogP contribution is -2.51. The smallest absolute Gasteiger partial charge is 0.264 e. The number of hydrogen-bond acceptors (Lipinski definition) is 4. The average molecular weight is 584 g/mol. The molecule has 7 nitrogen and oxygen atoms in total. The number of nitrogens with one attached hydrogen (secondary N) is 1. The zero-order valence-electron chi connectivity index (χ0n) is 23.6. The van der Waals surface area contributed by atoms with Crippen molar-refractivity contribution >= 4 is 39.1 Å². The first-order chi connectivity index (χ1) is 19.1. The summed E-state index contributed by atoms with van der Waals surface area (Å²) in [4.78, 5) is 28.6. The SMILES string of the molecule is CCCCNC(=O)C(C)N(Cc1ccccc1Cl)C(=O)CN(c1ccccc1CC)S(=O)(=O)c1ccc(C)cc1. The van der Waals surface area contributed by atoms with Gasteiger partial charge in [0, 0.05) is 18.1 Å². The van der Waals surface area contributed by atoms with E-state index in [2.05, 4.69) is 5.32 Å². The van der Waals surface area contributed by atoms with Crippen LogP contribution in [0.5, 0.6) is 0 Å². The van der Waals surface area contributed by atoms with Crippen LogP contribution in [0.1, 0.15) is 50.3 Å². The van der Waals surface area contributed by atoms with Crippen LogP contribution in [0.25, 0.3) is 0 Å². The minimum absolute atomic E-state index is 0.0503. The first-order valence-electron chi connectivity index (χ1n) is 13.6. The van der Waals surface area contributed by atoms with Crippen LogP contribution in [0.3, 0.4) is 0 Å². The van der Waals surface area contributed by atoms with Crippen molar-refractivity contribution in [3.8, 4) is 0 Å². The summed E-state index contributed by atoms with van der Waals surface area (Å²) < 4.78 is 29.2. The molecule has 0 aromatic heterocycles. The monoisotopic (exact) mass is 583 g/mol. The highest BCUT2D eigenvalue weighted by atomic mass is 35.5. The first-order valence-corrected chi connectivity index (χ1v) is 15.4. The highest BCUT2D eigenvalue weighted by Crippen LogP contribution is 2.28. The number of sulfonamides is 1. The third-order valence-corrected chi connectivity index (χ3v) is 8.97. The topological polar surface area (TPSA) is 86.8 Å². The molecule has 3 rings (SSSR count). The summed E-state index contributed by atoms with van der Waals surface area (Å²) in [5, 5.41) is 3.34. The van der Waals surface area contributed by atoms with E-state index in [0.29, 0.717) is 29.2 Å². The maximum Gasteiger partial charge on any atom is 0.264 e. The van der Waals surface area contributed by atoms with Crippen LogP contribution in [0.2, 0.25) is 5.02 Å². The van der Waals surface area contributed by atoms with Crippen molar-refractivity contribution in [2.24, 2.45) is 0 Å². The third-order valence-electron chi connectivity index (χ3n) is 6.82. The number of para-hydroxylation sites is 1. The van der Waals surface area contributed by atoms with E-state index in [1.54, 1.807) is 61.5 Å². The zero-order chi connectivity index (χ0) is 29.3. The predicted molar refractivity (Wildman–Crippen MR) is 161 cm³/mol. The van der Waals surface area contributed by atoms with Crippen molar-refractivity contribution in [3.05, 3.63) is 94.5 Å². The van der Waals surface area contributed by atoms with Crippen LogP contribution in [0, 0.1) is 6.92 Å². The summed E-state index contributed by atoms with van der Waals surface area (Å²) in [5.74, 6) is -0.824. The number of anilines is 1. The number of amides is 2. The Kier molecular flexibility index (Phi) is 11.2. The van der Waals surface area contributed by atoms with E-state index in [0.717, 1.165) is 28.3 Å². The van der Waals surface area contributed by atoms with Crippen molar-refractivity contribution in [2.45, 2.75) is 64.4 Å². The molecule has 0 bridgehead atoms. The number of carbonyl (C=O) groups excluding carboxylic acids is 2. The van der Waals surface area contributed by atoms with E-state index in [1.165, 1.54) is 4.90 Å². The number of halogens is 1. The second-order valence-electron chi connectivity index (χ2n) is 9.74.